The van der Waals surface area contributed by atoms with E-state index in [1.54, 1.807) is 25.1 Å². The van der Waals surface area contributed by atoms with Crippen LogP contribution in [0.5, 0.6) is 5.75 Å². The first kappa shape index (κ1) is 26.2. The summed E-state index contributed by atoms with van der Waals surface area (Å²) in [6.45, 7) is 6.45. The number of esters is 1. The van der Waals surface area contributed by atoms with Gasteiger partial charge in [-0.2, -0.15) is 5.26 Å². The maximum Gasteiger partial charge on any atom is 0.305 e. The van der Waals surface area contributed by atoms with E-state index >= 15 is 0 Å². The average molecular weight is 504 g/mol. The minimum Gasteiger partial charge on any atom is -0.493 e. The Morgan fingerprint density at radius 3 is 2.76 bits per heavy atom. The number of ether oxygens (including phenoxy) is 2. The van der Waals surface area contributed by atoms with E-state index in [0.717, 1.165) is 11.1 Å². The van der Waals surface area contributed by atoms with Gasteiger partial charge in [-0.3, -0.25) is 14.4 Å². The lowest BCUT2D eigenvalue weighted by Crippen LogP contribution is -2.31. The highest BCUT2D eigenvalue weighted by molar-refractivity contribution is 5.98. The Balaban J connectivity index is 1.51. The van der Waals surface area contributed by atoms with Gasteiger partial charge in [0.25, 0.3) is 5.91 Å². The Kier molecular flexibility index (Phi) is 7.82. The van der Waals surface area contributed by atoms with Crippen LogP contribution in [0.15, 0.2) is 36.4 Å². The molecular formula is C29H33N3O5. The van der Waals surface area contributed by atoms with Crippen LogP contribution in [0.3, 0.4) is 0 Å². The maximum absolute atomic E-state index is 13.5. The summed E-state index contributed by atoms with van der Waals surface area (Å²) in [5, 5.41) is 15.3. The summed E-state index contributed by atoms with van der Waals surface area (Å²) in [5.74, 6) is -0.0701. The van der Waals surface area contributed by atoms with Crippen molar-refractivity contribution >= 4 is 23.5 Å². The fourth-order valence-corrected chi connectivity index (χ4v) is 5.09. The summed E-state index contributed by atoms with van der Waals surface area (Å²) in [6, 6.07) is 12.8. The molecule has 0 bridgehead atoms. The number of hydrogen-bond donors (Lipinski definition) is 2. The van der Waals surface area contributed by atoms with Crippen molar-refractivity contribution in [2.75, 3.05) is 18.5 Å². The zero-order chi connectivity index (χ0) is 26.6. The number of hydrogen-bond acceptors (Lipinski definition) is 6. The Morgan fingerprint density at radius 2 is 2.03 bits per heavy atom. The minimum absolute atomic E-state index is 0.0175. The Bertz CT molecular complexity index is 1250. The lowest BCUT2D eigenvalue weighted by Gasteiger charge is -2.27. The predicted octanol–water partition coefficient (Wildman–Crippen LogP) is 4.26. The van der Waals surface area contributed by atoms with E-state index in [1.807, 2.05) is 32.0 Å². The molecule has 2 aromatic rings. The number of rotatable bonds is 9. The van der Waals surface area contributed by atoms with Crippen LogP contribution in [-0.4, -0.2) is 37.0 Å². The van der Waals surface area contributed by atoms with Crippen LogP contribution in [0.2, 0.25) is 0 Å². The highest BCUT2D eigenvalue weighted by Gasteiger charge is 2.61. The van der Waals surface area contributed by atoms with Crippen molar-refractivity contribution in [2.24, 2.45) is 5.92 Å². The van der Waals surface area contributed by atoms with E-state index in [9.17, 15) is 19.6 Å². The fraction of sp³-hybridized carbons (Fsp3) is 0.448. The molecule has 0 radical (unpaired) electrons. The van der Waals surface area contributed by atoms with Crippen molar-refractivity contribution in [3.63, 3.8) is 0 Å². The van der Waals surface area contributed by atoms with E-state index in [4.69, 9.17) is 9.47 Å². The largest absolute Gasteiger partial charge is 0.493 e. The number of fused-ring (bicyclic) bond motifs is 2. The predicted molar refractivity (Wildman–Crippen MR) is 138 cm³/mol. The second kappa shape index (κ2) is 11.0. The molecule has 1 saturated carbocycles. The summed E-state index contributed by atoms with van der Waals surface area (Å²) < 4.78 is 10.9. The highest BCUT2D eigenvalue weighted by Crippen LogP contribution is 2.61. The van der Waals surface area contributed by atoms with Gasteiger partial charge in [0.05, 0.1) is 24.8 Å². The number of nitrogens with one attached hydrogen (secondary N) is 2. The lowest BCUT2D eigenvalue weighted by atomic mass is 9.86. The number of amides is 2. The molecule has 2 atom stereocenters. The Hall–Kier alpha value is -3.86. The normalized spacial score (nSPS) is 19.4. The monoisotopic (exact) mass is 503 g/mol. The van der Waals surface area contributed by atoms with Gasteiger partial charge in [0.15, 0.2) is 0 Å². The van der Waals surface area contributed by atoms with Gasteiger partial charge in [0.1, 0.15) is 5.75 Å². The number of nitrogens with zero attached hydrogens (tertiary/aromatic N) is 1. The molecule has 1 heterocycles. The molecule has 2 N–H and O–H groups in total. The molecule has 0 aromatic heterocycles. The number of nitriles is 1. The van der Waals surface area contributed by atoms with Crippen LogP contribution < -0.4 is 15.4 Å². The summed E-state index contributed by atoms with van der Waals surface area (Å²) >= 11 is 0. The molecular weight excluding hydrogens is 470 g/mol. The topological polar surface area (TPSA) is 118 Å². The van der Waals surface area contributed by atoms with Gasteiger partial charge in [0, 0.05) is 40.6 Å². The summed E-state index contributed by atoms with van der Waals surface area (Å²) in [7, 11) is 0. The molecule has 194 valence electrons. The van der Waals surface area contributed by atoms with Crippen molar-refractivity contribution in [1.82, 2.24) is 5.32 Å². The van der Waals surface area contributed by atoms with Crippen LogP contribution in [0, 0.1) is 17.2 Å². The van der Waals surface area contributed by atoms with Gasteiger partial charge < -0.3 is 20.1 Å². The highest BCUT2D eigenvalue weighted by atomic mass is 16.5. The molecule has 8 nitrogen and oxygen atoms in total. The average Bonchev–Trinajstić information content (AvgIpc) is 3.59. The molecule has 2 aliphatic rings. The number of aryl methyl sites for hydroxylation is 1. The smallest absolute Gasteiger partial charge is 0.305 e. The van der Waals surface area contributed by atoms with Crippen LogP contribution >= 0.6 is 0 Å². The molecule has 1 fully saturated rings. The van der Waals surface area contributed by atoms with Crippen LogP contribution in [0.1, 0.15) is 73.5 Å². The van der Waals surface area contributed by atoms with Gasteiger partial charge >= 0.3 is 5.97 Å². The number of benzene rings is 2. The zero-order valence-electron chi connectivity index (χ0n) is 21.6. The molecule has 2 amide bonds. The molecule has 1 aliphatic carbocycles. The second-order valence-corrected chi connectivity index (χ2v) is 9.98. The first-order valence-corrected chi connectivity index (χ1v) is 12.8. The molecule has 4 rings (SSSR count). The SMILES string of the molecule is CCOC(=O)CCCc1ccc(C#N)cc1NC(=O)[C@@H]1C[C@]12CCOc1ccc(C(=O)NC(C)C)cc12. The van der Waals surface area contributed by atoms with Gasteiger partial charge in [-0.1, -0.05) is 6.07 Å². The molecule has 1 aliphatic heterocycles. The second-order valence-electron chi connectivity index (χ2n) is 9.98. The quantitative estimate of drug-likeness (QED) is 0.494. The summed E-state index contributed by atoms with van der Waals surface area (Å²) in [4.78, 5) is 37.8. The van der Waals surface area contributed by atoms with Crippen molar-refractivity contribution in [1.29, 1.82) is 5.26 Å². The number of carbonyl (C=O) groups excluding carboxylic acids is 3. The lowest BCUT2D eigenvalue weighted by molar-refractivity contribution is -0.143. The van der Waals surface area contributed by atoms with Gasteiger partial charge in [0.2, 0.25) is 5.91 Å². The van der Waals surface area contributed by atoms with E-state index < -0.39 is 0 Å². The van der Waals surface area contributed by atoms with Crippen molar-refractivity contribution in [2.45, 2.75) is 64.3 Å². The third kappa shape index (κ3) is 5.77. The number of anilines is 1. The van der Waals surface area contributed by atoms with E-state index in [1.165, 1.54) is 0 Å². The van der Waals surface area contributed by atoms with Gasteiger partial charge in [-0.15, -0.1) is 0 Å². The molecule has 2 aromatic carbocycles. The molecule has 8 heteroatoms. The summed E-state index contributed by atoms with van der Waals surface area (Å²) in [5.41, 5.74) is 2.98. The summed E-state index contributed by atoms with van der Waals surface area (Å²) in [6.07, 6.45) is 2.79. The minimum atomic E-state index is -0.372. The van der Waals surface area contributed by atoms with Crippen LogP contribution in [0.25, 0.3) is 0 Å². The third-order valence-electron chi connectivity index (χ3n) is 7.02. The Labute approximate surface area is 217 Å². The molecule has 1 spiro atoms. The standard InChI is InChI=1S/C29H33N3O5/c1-4-36-26(33)7-5-6-20-9-8-19(17-30)14-24(20)32-28(35)23-16-29(23)12-13-37-25-11-10-21(15-22(25)29)27(34)31-18(2)3/h8-11,14-15,18,23H,4-7,12-13,16H2,1-3H3,(H,31,34)(H,32,35)/t23-,29-/m0/s1. The molecule has 0 saturated heterocycles. The third-order valence-corrected chi connectivity index (χ3v) is 7.02. The van der Waals surface area contributed by atoms with E-state index in [2.05, 4.69) is 16.7 Å². The van der Waals surface area contributed by atoms with Crippen LogP contribution in [0.4, 0.5) is 5.69 Å². The van der Waals surface area contributed by atoms with Gasteiger partial charge in [-0.05, 0) is 82.3 Å². The van der Waals surface area contributed by atoms with Gasteiger partial charge in [-0.25, -0.2) is 0 Å². The van der Waals surface area contributed by atoms with Crippen molar-refractivity contribution in [3.8, 4) is 11.8 Å². The zero-order valence-corrected chi connectivity index (χ0v) is 21.6. The first-order chi connectivity index (χ1) is 17.8. The van der Waals surface area contributed by atoms with Crippen LogP contribution in [-0.2, 0) is 26.2 Å². The first-order valence-electron chi connectivity index (χ1n) is 12.8. The maximum atomic E-state index is 13.5. The van der Waals surface area contributed by atoms with Crippen molar-refractivity contribution < 1.29 is 23.9 Å². The van der Waals surface area contributed by atoms with Crippen molar-refractivity contribution in [3.05, 3.63) is 58.7 Å². The molecule has 37 heavy (non-hydrogen) atoms. The fourth-order valence-electron chi connectivity index (χ4n) is 5.09. The van der Waals surface area contributed by atoms with E-state index in [0.29, 0.717) is 61.5 Å². The molecule has 0 unspecified atom stereocenters. The Morgan fingerprint density at radius 1 is 1.22 bits per heavy atom. The van der Waals surface area contributed by atoms with E-state index in [-0.39, 0.29) is 41.6 Å². The number of carbonyl (C=O) groups is 3.